The van der Waals surface area contributed by atoms with Crippen LogP contribution in [0.2, 0.25) is 0 Å². The topological polar surface area (TPSA) is 78.9 Å². The number of aromatic nitrogens is 2. The van der Waals surface area contributed by atoms with Crippen LogP contribution >= 0.6 is 11.3 Å². The first kappa shape index (κ1) is 19.3. The molecule has 0 atom stereocenters. The maximum atomic E-state index is 13.4. The number of benzene rings is 1. The van der Waals surface area contributed by atoms with Crippen LogP contribution in [0.25, 0.3) is 0 Å². The molecule has 4 rings (SSSR count). The maximum Gasteiger partial charge on any atom is 0.252 e. The zero-order chi connectivity index (χ0) is 20.1. The molecule has 1 fully saturated rings. The Morgan fingerprint density at radius 3 is 2.90 bits per heavy atom. The highest BCUT2D eigenvalue weighted by atomic mass is 32.1. The molecule has 150 valence electrons. The molecule has 2 aromatic heterocycles. The number of hydrogen-bond acceptors (Lipinski definition) is 6. The van der Waals surface area contributed by atoms with Gasteiger partial charge >= 0.3 is 0 Å². The summed E-state index contributed by atoms with van der Waals surface area (Å²) in [5.41, 5.74) is 2.41. The summed E-state index contributed by atoms with van der Waals surface area (Å²) >= 11 is 1.51. The number of carbonyl (C=O) groups excluding carboxylic acids is 1. The molecule has 3 aromatic rings. The Morgan fingerprint density at radius 1 is 1.24 bits per heavy atom. The van der Waals surface area contributed by atoms with Gasteiger partial charge in [-0.15, -0.1) is 0 Å². The van der Waals surface area contributed by atoms with Crippen molar-refractivity contribution in [3.8, 4) is 0 Å². The number of hydrogen-bond donors (Lipinski definition) is 3. The van der Waals surface area contributed by atoms with Gasteiger partial charge in [-0.1, -0.05) is 6.07 Å². The van der Waals surface area contributed by atoms with Crippen LogP contribution in [-0.2, 0) is 0 Å². The number of thiophene rings is 1. The number of anilines is 3. The quantitative estimate of drug-likeness (QED) is 0.451. The third-order valence-corrected chi connectivity index (χ3v) is 5.31. The van der Waals surface area contributed by atoms with Gasteiger partial charge in [-0.25, -0.2) is 9.37 Å². The summed E-state index contributed by atoms with van der Waals surface area (Å²) in [6.45, 7) is 1.26. The van der Waals surface area contributed by atoms with Crippen molar-refractivity contribution >= 4 is 34.7 Å². The Kier molecular flexibility index (Phi) is 6.00. The molecule has 2 heterocycles. The second-order valence-electron chi connectivity index (χ2n) is 6.96. The van der Waals surface area contributed by atoms with E-state index >= 15 is 0 Å². The fourth-order valence-corrected chi connectivity index (χ4v) is 3.61. The third-order valence-electron chi connectivity index (χ3n) is 4.63. The van der Waals surface area contributed by atoms with E-state index in [0.717, 1.165) is 30.6 Å². The van der Waals surface area contributed by atoms with Crippen molar-refractivity contribution < 1.29 is 9.18 Å². The summed E-state index contributed by atoms with van der Waals surface area (Å²) < 4.78 is 13.4. The lowest BCUT2D eigenvalue weighted by molar-refractivity contribution is 0.0954. The summed E-state index contributed by atoms with van der Waals surface area (Å²) in [5.74, 6) is 1.36. The first-order chi connectivity index (χ1) is 14.2. The molecule has 3 N–H and O–H groups in total. The molecule has 6 nitrogen and oxygen atoms in total. The van der Waals surface area contributed by atoms with Gasteiger partial charge in [-0.05, 0) is 54.8 Å². The van der Waals surface area contributed by atoms with E-state index in [4.69, 9.17) is 0 Å². The van der Waals surface area contributed by atoms with E-state index in [1.807, 2.05) is 23.0 Å². The average Bonchev–Trinajstić information content (AvgIpc) is 3.40. The first-order valence-corrected chi connectivity index (χ1v) is 10.6. The molecular weight excluding hydrogens is 389 g/mol. The lowest BCUT2D eigenvalue weighted by atomic mass is 10.2. The Hall–Kier alpha value is -3.00. The van der Waals surface area contributed by atoms with Crippen LogP contribution in [0, 0.1) is 5.82 Å². The van der Waals surface area contributed by atoms with Gasteiger partial charge in [0.1, 0.15) is 11.6 Å². The van der Waals surface area contributed by atoms with Crippen LogP contribution in [0.4, 0.5) is 21.8 Å². The average molecular weight is 412 g/mol. The maximum absolute atomic E-state index is 13.4. The number of halogens is 1. The van der Waals surface area contributed by atoms with Crippen LogP contribution in [0.5, 0.6) is 0 Å². The SMILES string of the molecule is O=C(NCCCNc1nc(Nc2cccc(F)c2)ncc1C1CC1)c1ccsc1. The highest BCUT2D eigenvalue weighted by Gasteiger charge is 2.27. The Bertz CT molecular complexity index is 975. The number of nitrogens with zero attached hydrogens (tertiary/aromatic N) is 2. The minimum absolute atomic E-state index is 0.0477. The zero-order valence-corrected chi connectivity index (χ0v) is 16.6. The Balaban J connectivity index is 1.33. The van der Waals surface area contributed by atoms with Gasteiger partial charge in [0.05, 0.1) is 0 Å². The number of amides is 1. The molecule has 29 heavy (non-hydrogen) atoms. The van der Waals surface area contributed by atoms with Crippen molar-refractivity contribution in [2.75, 3.05) is 23.7 Å². The zero-order valence-electron chi connectivity index (χ0n) is 15.8. The van der Waals surface area contributed by atoms with E-state index in [2.05, 4.69) is 25.9 Å². The van der Waals surface area contributed by atoms with E-state index in [-0.39, 0.29) is 11.7 Å². The minimum atomic E-state index is -0.313. The Labute approximate surface area is 172 Å². The van der Waals surface area contributed by atoms with Gasteiger partial charge in [-0.3, -0.25) is 4.79 Å². The summed E-state index contributed by atoms with van der Waals surface area (Å²) in [7, 11) is 0. The van der Waals surface area contributed by atoms with Gasteiger partial charge in [0, 0.05) is 41.5 Å². The molecule has 0 bridgehead atoms. The van der Waals surface area contributed by atoms with Crippen LogP contribution in [0.15, 0.2) is 47.3 Å². The highest BCUT2D eigenvalue weighted by Crippen LogP contribution is 2.42. The molecule has 1 aliphatic rings. The number of rotatable bonds is 9. The fraction of sp³-hybridized carbons (Fsp3) is 0.286. The third kappa shape index (κ3) is 5.29. The van der Waals surface area contributed by atoms with Gasteiger partial charge < -0.3 is 16.0 Å². The molecule has 1 amide bonds. The van der Waals surface area contributed by atoms with Crippen molar-refractivity contribution in [2.45, 2.75) is 25.2 Å². The highest BCUT2D eigenvalue weighted by molar-refractivity contribution is 7.08. The van der Waals surface area contributed by atoms with Crippen LogP contribution in [0.3, 0.4) is 0 Å². The van der Waals surface area contributed by atoms with Crippen LogP contribution in [-0.4, -0.2) is 29.0 Å². The Morgan fingerprint density at radius 2 is 2.14 bits per heavy atom. The van der Waals surface area contributed by atoms with Crippen molar-refractivity contribution in [3.05, 3.63) is 64.2 Å². The van der Waals surface area contributed by atoms with Crippen molar-refractivity contribution in [2.24, 2.45) is 0 Å². The molecule has 8 heteroatoms. The number of nitrogens with one attached hydrogen (secondary N) is 3. The van der Waals surface area contributed by atoms with Gasteiger partial charge in [0.2, 0.25) is 5.95 Å². The standard InChI is InChI=1S/C21H22FN5OS/c22-16-3-1-4-17(11-16)26-21-25-12-18(14-5-6-14)19(27-21)23-8-2-9-24-20(28)15-7-10-29-13-15/h1,3-4,7,10-14H,2,5-6,8-9H2,(H,24,28)(H2,23,25,26,27). The molecule has 1 aliphatic carbocycles. The molecular formula is C21H22FN5OS. The largest absolute Gasteiger partial charge is 0.370 e. The molecule has 0 saturated heterocycles. The van der Waals surface area contributed by atoms with E-state index in [1.54, 1.807) is 12.1 Å². The summed E-state index contributed by atoms with van der Waals surface area (Å²) in [4.78, 5) is 20.9. The predicted octanol–water partition coefficient (Wildman–Crippen LogP) is 4.53. The molecule has 1 saturated carbocycles. The second-order valence-corrected chi connectivity index (χ2v) is 7.74. The van der Waals surface area contributed by atoms with Gasteiger partial charge in [-0.2, -0.15) is 16.3 Å². The summed E-state index contributed by atoms with van der Waals surface area (Å²) in [6, 6.07) is 8.02. The van der Waals surface area contributed by atoms with Crippen molar-refractivity contribution in [1.29, 1.82) is 0 Å². The van der Waals surface area contributed by atoms with Crippen molar-refractivity contribution in [3.63, 3.8) is 0 Å². The molecule has 1 aromatic carbocycles. The summed E-state index contributed by atoms with van der Waals surface area (Å²) in [6.07, 6.45) is 4.90. The lowest BCUT2D eigenvalue weighted by Gasteiger charge is -2.13. The van der Waals surface area contributed by atoms with E-state index in [0.29, 0.717) is 36.2 Å². The fourth-order valence-electron chi connectivity index (χ4n) is 2.97. The van der Waals surface area contributed by atoms with E-state index < -0.39 is 0 Å². The van der Waals surface area contributed by atoms with Gasteiger partial charge in [0.25, 0.3) is 5.91 Å². The normalized spacial score (nSPS) is 13.1. The molecule has 0 spiro atoms. The molecule has 0 unspecified atom stereocenters. The smallest absolute Gasteiger partial charge is 0.252 e. The lowest BCUT2D eigenvalue weighted by Crippen LogP contribution is -2.25. The van der Waals surface area contributed by atoms with Crippen LogP contribution in [0.1, 0.15) is 41.1 Å². The first-order valence-electron chi connectivity index (χ1n) is 9.63. The molecule has 0 radical (unpaired) electrons. The predicted molar refractivity (Wildman–Crippen MR) is 113 cm³/mol. The van der Waals surface area contributed by atoms with Crippen LogP contribution < -0.4 is 16.0 Å². The monoisotopic (exact) mass is 411 g/mol. The molecule has 0 aliphatic heterocycles. The van der Waals surface area contributed by atoms with E-state index in [1.165, 1.54) is 23.5 Å². The second kappa shape index (κ2) is 9.00. The van der Waals surface area contributed by atoms with Gasteiger partial charge in [0.15, 0.2) is 0 Å². The number of carbonyl (C=O) groups is 1. The van der Waals surface area contributed by atoms with Crippen molar-refractivity contribution in [1.82, 2.24) is 15.3 Å². The van der Waals surface area contributed by atoms with E-state index in [9.17, 15) is 9.18 Å². The minimum Gasteiger partial charge on any atom is -0.370 e. The summed E-state index contributed by atoms with van der Waals surface area (Å²) in [5, 5.41) is 13.1.